The molecular formula is C26H28N2O3. The summed E-state index contributed by atoms with van der Waals surface area (Å²) in [6.07, 6.45) is 3.98. The number of carbonyl (C=O) groups is 1. The fourth-order valence-electron chi connectivity index (χ4n) is 3.82. The number of benzene rings is 3. The Balaban J connectivity index is 1.49. The van der Waals surface area contributed by atoms with Crippen molar-refractivity contribution >= 4 is 28.7 Å². The van der Waals surface area contributed by atoms with E-state index in [0.717, 1.165) is 23.0 Å². The van der Waals surface area contributed by atoms with Crippen molar-refractivity contribution in [2.75, 3.05) is 31.5 Å². The van der Waals surface area contributed by atoms with Crippen LogP contribution in [0, 0.1) is 0 Å². The van der Waals surface area contributed by atoms with Crippen LogP contribution in [-0.4, -0.2) is 27.2 Å². The minimum atomic E-state index is -0.414. The van der Waals surface area contributed by atoms with Crippen LogP contribution in [0.2, 0.25) is 0 Å². The molecule has 31 heavy (non-hydrogen) atoms. The Morgan fingerprint density at radius 2 is 1.58 bits per heavy atom. The molecule has 0 heterocycles. The Labute approximate surface area is 183 Å². The molecule has 1 saturated carbocycles. The molecule has 0 radical (unpaired) electrons. The largest absolute Gasteiger partial charge is 0.497 e. The van der Waals surface area contributed by atoms with Gasteiger partial charge in [0.1, 0.15) is 5.75 Å². The summed E-state index contributed by atoms with van der Waals surface area (Å²) in [5.74, 6) is 0.937. The molecule has 0 spiro atoms. The molecule has 0 unspecified atom stereocenters. The van der Waals surface area contributed by atoms with E-state index in [4.69, 9.17) is 9.47 Å². The van der Waals surface area contributed by atoms with Crippen molar-refractivity contribution in [3.8, 4) is 5.75 Å². The zero-order chi connectivity index (χ0) is 21.8. The van der Waals surface area contributed by atoms with Gasteiger partial charge >= 0.3 is 5.97 Å². The van der Waals surface area contributed by atoms with Gasteiger partial charge in [0.05, 0.1) is 25.5 Å². The summed E-state index contributed by atoms with van der Waals surface area (Å²) >= 11 is 0. The molecule has 0 saturated heterocycles. The summed E-state index contributed by atoms with van der Waals surface area (Å²) in [5, 5.41) is 3.30. The van der Waals surface area contributed by atoms with E-state index in [9.17, 15) is 4.79 Å². The third-order valence-corrected chi connectivity index (χ3v) is 6.02. The lowest BCUT2D eigenvalue weighted by Gasteiger charge is -2.27. The molecule has 4 rings (SSSR count). The fraction of sp³-hybridized carbons (Fsp3) is 0.269. The van der Waals surface area contributed by atoms with Gasteiger partial charge in [-0.25, -0.2) is 4.79 Å². The highest BCUT2D eigenvalue weighted by molar-refractivity contribution is 5.97. The van der Waals surface area contributed by atoms with Gasteiger partial charge in [-0.1, -0.05) is 18.6 Å². The van der Waals surface area contributed by atoms with Crippen molar-refractivity contribution in [3.63, 3.8) is 0 Å². The van der Waals surface area contributed by atoms with E-state index in [1.807, 2.05) is 24.3 Å². The molecule has 0 aromatic heterocycles. The molecule has 1 aliphatic carbocycles. The maximum Gasteiger partial charge on any atom is 0.340 e. The van der Waals surface area contributed by atoms with Gasteiger partial charge in [-0.2, -0.15) is 0 Å². The summed E-state index contributed by atoms with van der Waals surface area (Å²) in [5.41, 5.74) is 5.67. The number of carbonyl (C=O) groups excluding carboxylic acids is 1. The standard InChI is InChI=1S/C26H28N2O3/c1-28(21-11-7-19(8-12-21)18-5-4-6-18)22-13-9-20(10-14-22)27-25-16-15-23(30-2)17-24(25)26(29)31-3/h7-18,27H,4-6H2,1-3H3. The van der Waals surface area contributed by atoms with Crippen LogP contribution in [0.5, 0.6) is 5.75 Å². The van der Waals surface area contributed by atoms with E-state index in [0.29, 0.717) is 17.0 Å². The Bertz CT molecular complexity index is 1040. The normalized spacial score (nSPS) is 13.3. The van der Waals surface area contributed by atoms with E-state index >= 15 is 0 Å². The maximum atomic E-state index is 12.2. The summed E-state index contributed by atoms with van der Waals surface area (Å²) in [7, 11) is 5.01. The second kappa shape index (κ2) is 9.13. The molecule has 3 aromatic rings. The van der Waals surface area contributed by atoms with Crippen LogP contribution in [0.15, 0.2) is 66.7 Å². The molecule has 0 bridgehead atoms. The van der Waals surface area contributed by atoms with Gasteiger partial charge in [-0.3, -0.25) is 0 Å². The SMILES string of the molecule is COC(=O)c1cc(OC)ccc1Nc1ccc(N(C)c2ccc(C3CCC3)cc2)cc1. The molecule has 1 fully saturated rings. The van der Waals surface area contributed by atoms with Crippen LogP contribution in [0.25, 0.3) is 0 Å². The lowest BCUT2D eigenvalue weighted by molar-refractivity contribution is 0.0601. The van der Waals surface area contributed by atoms with Crippen LogP contribution in [0.4, 0.5) is 22.7 Å². The highest BCUT2D eigenvalue weighted by Crippen LogP contribution is 2.37. The van der Waals surface area contributed by atoms with Crippen LogP contribution < -0.4 is 15.0 Å². The fourth-order valence-corrected chi connectivity index (χ4v) is 3.82. The molecule has 5 heteroatoms. The van der Waals surface area contributed by atoms with E-state index in [1.54, 1.807) is 13.2 Å². The molecule has 5 nitrogen and oxygen atoms in total. The second-order valence-corrected chi connectivity index (χ2v) is 7.85. The molecule has 0 aliphatic heterocycles. The number of rotatable bonds is 7. The highest BCUT2D eigenvalue weighted by Gasteiger charge is 2.19. The number of hydrogen-bond acceptors (Lipinski definition) is 5. The van der Waals surface area contributed by atoms with Crippen molar-refractivity contribution < 1.29 is 14.3 Å². The number of esters is 1. The number of hydrogen-bond donors (Lipinski definition) is 1. The van der Waals surface area contributed by atoms with Crippen molar-refractivity contribution in [2.24, 2.45) is 0 Å². The summed E-state index contributed by atoms with van der Waals surface area (Å²) in [4.78, 5) is 14.3. The van der Waals surface area contributed by atoms with E-state index in [2.05, 4.69) is 53.7 Å². The average molecular weight is 417 g/mol. The van der Waals surface area contributed by atoms with Gasteiger partial charge in [0, 0.05) is 24.1 Å². The van der Waals surface area contributed by atoms with Gasteiger partial charge in [0.2, 0.25) is 0 Å². The number of nitrogens with zero attached hydrogens (tertiary/aromatic N) is 1. The van der Waals surface area contributed by atoms with E-state index in [-0.39, 0.29) is 0 Å². The van der Waals surface area contributed by atoms with Crippen LogP contribution in [0.1, 0.15) is 41.1 Å². The smallest absolute Gasteiger partial charge is 0.340 e. The lowest BCUT2D eigenvalue weighted by Crippen LogP contribution is -2.11. The Kier molecular flexibility index (Phi) is 6.12. The Hall–Kier alpha value is -3.47. The molecule has 160 valence electrons. The lowest BCUT2D eigenvalue weighted by atomic mass is 9.80. The van der Waals surface area contributed by atoms with Crippen LogP contribution >= 0.6 is 0 Å². The maximum absolute atomic E-state index is 12.2. The Morgan fingerprint density at radius 1 is 0.935 bits per heavy atom. The Morgan fingerprint density at radius 3 is 2.13 bits per heavy atom. The minimum Gasteiger partial charge on any atom is -0.497 e. The average Bonchev–Trinajstić information content (AvgIpc) is 2.78. The number of anilines is 4. The molecule has 0 atom stereocenters. The zero-order valence-corrected chi connectivity index (χ0v) is 18.2. The first-order chi connectivity index (χ1) is 15.1. The highest BCUT2D eigenvalue weighted by atomic mass is 16.5. The van der Waals surface area contributed by atoms with E-state index < -0.39 is 5.97 Å². The third kappa shape index (κ3) is 4.50. The number of nitrogens with one attached hydrogen (secondary N) is 1. The number of ether oxygens (including phenoxy) is 2. The first kappa shape index (κ1) is 20.8. The predicted octanol–water partition coefficient (Wildman–Crippen LogP) is 6.26. The van der Waals surface area contributed by atoms with Crippen LogP contribution in [-0.2, 0) is 4.74 Å². The van der Waals surface area contributed by atoms with Crippen molar-refractivity contribution in [2.45, 2.75) is 25.2 Å². The topological polar surface area (TPSA) is 50.8 Å². The zero-order valence-electron chi connectivity index (χ0n) is 18.2. The van der Waals surface area contributed by atoms with Gasteiger partial charge in [0.15, 0.2) is 0 Å². The number of methoxy groups -OCH3 is 2. The van der Waals surface area contributed by atoms with Crippen LogP contribution in [0.3, 0.4) is 0 Å². The van der Waals surface area contributed by atoms with Gasteiger partial charge in [-0.05, 0) is 78.9 Å². The molecule has 0 amide bonds. The molecule has 1 aliphatic rings. The summed E-state index contributed by atoms with van der Waals surface area (Å²) in [6, 6.07) is 22.3. The first-order valence-electron chi connectivity index (χ1n) is 10.6. The van der Waals surface area contributed by atoms with Crippen molar-refractivity contribution in [1.29, 1.82) is 0 Å². The first-order valence-corrected chi connectivity index (χ1v) is 10.6. The summed E-state index contributed by atoms with van der Waals surface area (Å²) < 4.78 is 10.1. The van der Waals surface area contributed by atoms with Gasteiger partial charge in [-0.15, -0.1) is 0 Å². The minimum absolute atomic E-state index is 0.414. The molecule has 3 aromatic carbocycles. The predicted molar refractivity (Wildman–Crippen MR) is 125 cm³/mol. The third-order valence-electron chi connectivity index (χ3n) is 6.02. The quantitative estimate of drug-likeness (QED) is 0.461. The second-order valence-electron chi connectivity index (χ2n) is 7.85. The monoisotopic (exact) mass is 416 g/mol. The van der Waals surface area contributed by atoms with Crippen molar-refractivity contribution in [1.82, 2.24) is 0 Å². The van der Waals surface area contributed by atoms with Gasteiger partial charge < -0.3 is 19.7 Å². The molecular weight excluding hydrogens is 388 g/mol. The molecule has 1 N–H and O–H groups in total. The van der Waals surface area contributed by atoms with Crippen molar-refractivity contribution in [3.05, 3.63) is 77.9 Å². The van der Waals surface area contributed by atoms with E-state index in [1.165, 1.54) is 31.9 Å². The summed E-state index contributed by atoms with van der Waals surface area (Å²) in [6.45, 7) is 0. The van der Waals surface area contributed by atoms with Gasteiger partial charge in [0.25, 0.3) is 0 Å².